The van der Waals surface area contributed by atoms with Crippen LogP contribution in [0.25, 0.3) is 0 Å². The Balaban J connectivity index is 2.28. The van der Waals surface area contributed by atoms with Gasteiger partial charge in [-0.2, -0.15) is 4.98 Å². The molecule has 0 bridgehead atoms. The van der Waals surface area contributed by atoms with Gasteiger partial charge in [-0.05, 0) is 18.6 Å². The van der Waals surface area contributed by atoms with Crippen LogP contribution in [0.15, 0.2) is 24.3 Å². The van der Waals surface area contributed by atoms with Crippen LogP contribution < -0.4 is 10.1 Å². The second-order valence-corrected chi connectivity index (χ2v) is 4.21. The highest BCUT2D eigenvalue weighted by molar-refractivity contribution is 5.41. The molecule has 0 spiro atoms. The quantitative estimate of drug-likeness (QED) is 0.838. The lowest BCUT2D eigenvalue weighted by Gasteiger charge is -2.10. The first-order valence-electron chi connectivity index (χ1n) is 6.24. The van der Waals surface area contributed by atoms with Crippen molar-refractivity contribution < 1.29 is 22.3 Å². The summed E-state index contributed by atoms with van der Waals surface area (Å²) >= 11 is 0. The average molecular weight is 300 g/mol. The molecule has 0 fully saturated rings. The van der Waals surface area contributed by atoms with Crippen LogP contribution in [-0.4, -0.2) is 11.5 Å². The topological polar surface area (TPSA) is 34.2 Å². The number of nitrogens with one attached hydrogen (secondary N) is 1. The van der Waals surface area contributed by atoms with Crippen molar-refractivity contribution >= 4 is 5.82 Å². The molecule has 7 heteroatoms. The fraction of sp³-hybridized carbons (Fsp3) is 0.214. The van der Waals surface area contributed by atoms with Crippen LogP contribution in [0.2, 0.25) is 0 Å². The number of benzene rings is 1. The van der Waals surface area contributed by atoms with Gasteiger partial charge in [-0.1, -0.05) is 6.92 Å². The lowest BCUT2D eigenvalue weighted by Crippen LogP contribution is -2.06. The molecule has 0 aliphatic carbocycles. The Bertz CT molecular complexity index is 649. The zero-order chi connectivity index (χ0) is 15.4. The zero-order valence-corrected chi connectivity index (χ0v) is 11.1. The van der Waals surface area contributed by atoms with Crippen molar-refractivity contribution in [1.29, 1.82) is 0 Å². The Morgan fingerprint density at radius 2 is 1.76 bits per heavy atom. The smallest absolute Gasteiger partial charge is 0.258 e. The van der Waals surface area contributed by atoms with Gasteiger partial charge in [0.15, 0.2) is 29.1 Å². The standard InChI is InChI=1S/C14H12F4N2O/c1-2-5-19-13-11(17)7-12(18)14(20-13)21-8-3-4-9(15)10(16)6-8/h3-4,6-7H,2,5H2,1H3,(H,19,20). The molecular formula is C14H12F4N2O. The van der Waals surface area contributed by atoms with E-state index in [1.165, 1.54) is 0 Å². The highest BCUT2D eigenvalue weighted by Crippen LogP contribution is 2.26. The van der Waals surface area contributed by atoms with Crippen molar-refractivity contribution in [2.45, 2.75) is 13.3 Å². The Hall–Kier alpha value is -2.31. The Morgan fingerprint density at radius 1 is 1.00 bits per heavy atom. The summed E-state index contributed by atoms with van der Waals surface area (Å²) in [6.45, 7) is 2.31. The molecule has 0 unspecified atom stereocenters. The third-order valence-corrected chi connectivity index (χ3v) is 2.55. The minimum absolute atomic E-state index is 0.145. The van der Waals surface area contributed by atoms with E-state index in [9.17, 15) is 17.6 Å². The summed E-state index contributed by atoms with van der Waals surface area (Å²) in [6.07, 6.45) is 0.720. The van der Waals surface area contributed by atoms with Crippen molar-refractivity contribution in [3.63, 3.8) is 0 Å². The summed E-state index contributed by atoms with van der Waals surface area (Å²) in [4.78, 5) is 3.66. The molecular weight excluding hydrogens is 288 g/mol. The number of pyridine rings is 1. The van der Waals surface area contributed by atoms with E-state index >= 15 is 0 Å². The molecule has 2 aromatic rings. The highest BCUT2D eigenvalue weighted by Gasteiger charge is 2.14. The predicted octanol–water partition coefficient (Wildman–Crippen LogP) is 4.25. The summed E-state index contributed by atoms with van der Waals surface area (Å²) in [5.41, 5.74) is 0. The fourth-order valence-corrected chi connectivity index (χ4v) is 1.54. The minimum atomic E-state index is -1.14. The summed E-state index contributed by atoms with van der Waals surface area (Å²) < 4.78 is 57.9. The molecule has 0 amide bonds. The van der Waals surface area contributed by atoms with E-state index in [0.29, 0.717) is 12.6 Å². The van der Waals surface area contributed by atoms with E-state index in [-0.39, 0.29) is 11.6 Å². The van der Waals surface area contributed by atoms with Gasteiger partial charge in [0.25, 0.3) is 5.88 Å². The number of ether oxygens (including phenoxy) is 1. The fourth-order valence-electron chi connectivity index (χ4n) is 1.54. The number of rotatable bonds is 5. The maximum absolute atomic E-state index is 13.6. The van der Waals surface area contributed by atoms with Crippen molar-refractivity contribution in [2.75, 3.05) is 11.9 Å². The van der Waals surface area contributed by atoms with Gasteiger partial charge in [-0.25, -0.2) is 17.6 Å². The van der Waals surface area contributed by atoms with Crippen molar-refractivity contribution in [2.24, 2.45) is 0 Å². The molecule has 0 aliphatic heterocycles. The number of hydrogen-bond acceptors (Lipinski definition) is 3. The van der Waals surface area contributed by atoms with E-state index in [0.717, 1.165) is 24.6 Å². The average Bonchev–Trinajstić information content (AvgIpc) is 2.44. The van der Waals surface area contributed by atoms with Crippen molar-refractivity contribution in [3.8, 4) is 11.6 Å². The van der Waals surface area contributed by atoms with Crippen LogP contribution >= 0.6 is 0 Å². The van der Waals surface area contributed by atoms with Gasteiger partial charge in [-0.15, -0.1) is 0 Å². The van der Waals surface area contributed by atoms with Gasteiger partial charge >= 0.3 is 0 Å². The Morgan fingerprint density at radius 3 is 2.43 bits per heavy atom. The van der Waals surface area contributed by atoms with E-state index in [4.69, 9.17) is 4.74 Å². The predicted molar refractivity (Wildman–Crippen MR) is 69.4 cm³/mol. The van der Waals surface area contributed by atoms with E-state index in [1.54, 1.807) is 0 Å². The number of aromatic nitrogens is 1. The van der Waals surface area contributed by atoms with Gasteiger partial charge in [0, 0.05) is 18.7 Å². The van der Waals surface area contributed by atoms with E-state index in [2.05, 4.69) is 10.3 Å². The second-order valence-electron chi connectivity index (χ2n) is 4.21. The SMILES string of the molecule is CCCNc1nc(Oc2ccc(F)c(F)c2)c(F)cc1F. The molecule has 0 radical (unpaired) electrons. The van der Waals surface area contributed by atoms with Crippen molar-refractivity contribution in [1.82, 2.24) is 4.98 Å². The van der Waals surface area contributed by atoms with E-state index < -0.39 is 29.1 Å². The Labute approximate surface area is 118 Å². The van der Waals surface area contributed by atoms with Gasteiger partial charge in [0.2, 0.25) is 0 Å². The molecule has 0 atom stereocenters. The van der Waals surface area contributed by atoms with E-state index in [1.807, 2.05) is 6.92 Å². The van der Waals surface area contributed by atoms with Crippen LogP contribution in [0, 0.1) is 23.3 Å². The van der Waals surface area contributed by atoms with Crippen LogP contribution in [0.1, 0.15) is 13.3 Å². The van der Waals surface area contributed by atoms with Crippen molar-refractivity contribution in [3.05, 3.63) is 47.5 Å². The van der Waals surface area contributed by atoms with Crippen LogP contribution in [0.3, 0.4) is 0 Å². The molecule has 1 aromatic carbocycles. The second kappa shape index (κ2) is 6.43. The third kappa shape index (κ3) is 3.62. The molecule has 21 heavy (non-hydrogen) atoms. The molecule has 1 N–H and O–H groups in total. The minimum Gasteiger partial charge on any atom is -0.436 e. The summed E-state index contributed by atoms with van der Waals surface area (Å²) in [7, 11) is 0. The number of anilines is 1. The Kier molecular flexibility index (Phi) is 4.62. The first kappa shape index (κ1) is 15.1. The molecule has 0 saturated heterocycles. The maximum atomic E-state index is 13.6. The first-order valence-corrected chi connectivity index (χ1v) is 6.24. The van der Waals surface area contributed by atoms with Gasteiger partial charge in [0.1, 0.15) is 5.75 Å². The van der Waals surface area contributed by atoms with Crippen LogP contribution in [-0.2, 0) is 0 Å². The normalized spacial score (nSPS) is 10.5. The summed E-state index contributed by atoms with van der Waals surface area (Å²) in [5.74, 6) is -4.94. The number of hydrogen-bond donors (Lipinski definition) is 1. The molecule has 3 nitrogen and oxygen atoms in total. The largest absolute Gasteiger partial charge is 0.436 e. The molecule has 1 heterocycles. The molecule has 112 valence electrons. The summed E-state index contributed by atoms with van der Waals surface area (Å²) in [5, 5.41) is 2.67. The lowest BCUT2D eigenvalue weighted by atomic mass is 10.3. The molecule has 0 saturated carbocycles. The monoisotopic (exact) mass is 300 g/mol. The van der Waals surface area contributed by atoms with Gasteiger partial charge in [0.05, 0.1) is 0 Å². The first-order chi connectivity index (χ1) is 10.0. The molecule has 2 rings (SSSR count). The highest BCUT2D eigenvalue weighted by atomic mass is 19.2. The zero-order valence-electron chi connectivity index (χ0n) is 11.1. The molecule has 1 aromatic heterocycles. The van der Waals surface area contributed by atoms with Crippen LogP contribution in [0.4, 0.5) is 23.4 Å². The number of nitrogens with zero attached hydrogens (tertiary/aromatic N) is 1. The lowest BCUT2D eigenvalue weighted by molar-refractivity contribution is 0.411. The third-order valence-electron chi connectivity index (χ3n) is 2.55. The number of halogens is 4. The van der Waals surface area contributed by atoms with Crippen LogP contribution in [0.5, 0.6) is 11.6 Å². The summed E-state index contributed by atoms with van der Waals surface area (Å²) in [6, 6.07) is 3.31. The van der Waals surface area contributed by atoms with Gasteiger partial charge < -0.3 is 10.1 Å². The maximum Gasteiger partial charge on any atom is 0.258 e. The van der Waals surface area contributed by atoms with Gasteiger partial charge in [-0.3, -0.25) is 0 Å². The molecule has 0 aliphatic rings.